The maximum absolute atomic E-state index is 3.87. The summed E-state index contributed by atoms with van der Waals surface area (Å²) in [4.78, 5) is 0. The van der Waals surface area contributed by atoms with E-state index < -0.39 is 0 Å². The van der Waals surface area contributed by atoms with Gasteiger partial charge in [0.2, 0.25) is 0 Å². The van der Waals surface area contributed by atoms with Crippen molar-refractivity contribution in [3.63, 3.8) is 0 Å². The van der Waals surface area contributed by atoms with E-state index in [2.05, 4.69) is 30.9 Å². The van der Waals surface area contributed by atoms with Gasteiger partial charge in [0.15, 0.2) is 0 Å². The molecule has 2 heteroatoms. The summed E-state index contributed by atoms with van der Waals surface area (Å²) in [6.07, 6.45) is 5.66. The highest BCUT2D eigenvalue weighted by Crippen LogP contribution is 2.30. The summed E-state index contributed by atoms with van der Waals surface area (Å²) in [5.74, 6) is 4.57. The summed E-state index contributed by atoms with van der Waals surface area (Å²) in [6.45, 7) is 4.83. The van der Waals surface area contributed by atoms with Crippen LogP contribution in [0.25, 0.3) is 0 Å². The number of hydrogen-bond acceptors (Lipinski definition) is 2. The highest BCUT2D eigenvalue weighted by molar-refractivity contribution is 7.99. The van der Waals surface area contributed by atoms with E-state index in [1.807, 2.05) is 0 Å². The maximum Gasteiger partial charge on any atom is 0.0168 e. The third kappa shape index (κ3) is 2.66. The molecule has 1 saturated heterocycles. The molecule has 14 heavy (non-hydrogen) atoms. The molecule has 0 aromatic heterocycles. The Labute approximate surface area is 92.4 Å². The average Bonchev–Trinajstić information content (AvgIpc) is 2.62. The largest absolute Gasteiger partial charge is 0.310 e. The highest BCUT2D eigenvalue weighted by Gasteiger charge is 2.27. The predicted molar refractivity (Wildman–Crippen MR) is 64.8 cm³/mol. The zero-order valence-electron chi connectivity index (χ0n) is 9.46. The van der Waals surface area contributed by atoms with Gasteiger partial charge in [0.25, 0.3) is 0 Å². The quantitative estimate of drug-likeness (QED) is 0.757. The van der Waals surface area contributed by atoms with E-state index in [4.69, 9.17) is 0 Å². The molecule has 2 fully saturated rings. The molecule has 0 amide bonds. The van der Waals surface area contributed by atoms with Gasteiger partial charge in [-0.3, -0.25) is 0 Å². The van der Waals surface area contributed by atoms with Crippen molar-refractivity contribution in [2.24, 2.45) is 11.8 Å². The van der Waals surface area contributed by atoms with Crippen LogP contribution in [0.1, 0.15) is 39.5 Å². The third-order valence-corrected chi connectivity index (χ3v) is 4.97. The van der Waals surface area contributed by atoms with Crippen molar-refractivity contribution in [1.82, 2.24) is 5.32 Å². The van der Waals surface area contributed by atoms with Crippen LogP contribution in [0.5, 0.6) is 0 Å². The van der Waals surface area contributed by atoms with Gasteiger partial charge in [0, 0.05) is 17.8 Å². The minimum absolute atomic E-state index is 0.815. The van der Waals surface area contributed by atoms with Crippen molar-refractivity contribution in [3.8, 4) is 0 Å². The Bertz CT molecular complexity index is 177. The van der Waals surface area contributed by atoms with Crippen LogP contribution in [0.4, 0.5) is 0 Å². The van der Waals surface area contributed by atoms with Crippen LogP contribution in [-0.4, -0.2) is 23.6 Å². The number of thioether (sulfide) groups is 1. The Hall–Kier alpha value is 0.310. The van der Waals surface area contributed by atoms with Crippen LogP contribution < -0.4 is 5.32 Å². The molecule has 0 aromatic rings. The summed E-state index contributed by atoms with van der Waals surface area (Å²) in [7, 11) is 0. The van der Waals surface area contributed by atoms with Crippen molar-refractivity contribution in [1.29, 1.82) is 0 Å². The monoisotopic (exact) mass is 213 g/mol. The summed E-state index contributed by atoms with van der Waals surface area (Å²) < 4.78 is 0. The van der Waals surface area contributed by atoms with Crippen molar-refractivity contribution in [2.45, 2.75) is 51.6 Å². The second kappa shape index (κ2) is 4.89. The lowest BCUT2D eigenvalue weighted by molar-refractivity contribution is 0.217. The molecule has 1 aliphatic carbocycles. The van der Waals surface area contributed by atoms with Crippen molar-refractivity contribution >= 4 is 11.8 Å². The number of nitrogens with one attached hydrogen (secondary N) is 1. The number of hydrogen-bond donors (Lipinski definition) is 1. The molecule has 1 nitrogen and oxygen atoms in total. The molecule has 0 aromatic carbocycles. The van der Waals surface area contributed by atoms with E-state index >= 15 is 0 Å². The summed E-state index contributed by atoms with van der Waals surface area (Å²) in [5.41, 5.74) is 0. The second-order valence-electron chi connectivity index (χ2n) is 5.23. The Kier molecular flexibility index (Phi) is 3.78. The minimum atomic E-state index is 0.815. The lowest BCUT2D eigenvalue weighted by Gasteiger charge is -2.35. The summed E-state index contributed by atoms with van der Waals surface area (Å²) >= 11 is 2.11. The van der Waals surface area contributed by atoms with Gasteiger partial charge in [-0.15, -0.1) is 0 Å². The molecule has 2 aliphatic rings. The van der Waals surface area contributed by atoms with Crippen molar-refractivity contribution < 1.29 is 0 Å². The fourth-order valence-corrected chi connectivity index (χ4v) is 4.05. The van der Waals surface area contributed by atoms with Gasteiger partial charge in [0.05, 0.1) is 0 Å². The molecule has 1 heterocycles. The molecular formula is C12H23NS. The van der Waals surface area contributed by atoms with Crippen LogP contribution in [0.15, 0.2) is 0 Å². The maximum atomic E-state index is 3.87. The molecule has 2 rings (SSSR count). The van der Waals surface area contributed by atoms with Crippen LogP contribution in [-0.2, 0) is 0 Å². The Morgan fingerprint density at radius 1 is 1.14 bits per heavy atom. The SMILES string of the molecule is CC1CCC(NC2CCSC2)C(C)C1. The standard InChI is InChI=1S/C12H23NS/c1-9-3-4-12(10(2)7-9)13-11-5-6-14-8-11/h9-13H,3-8H2,1-2H3. The van der Waals surface area contributed by atoms with Gasteiger partial charge < -0.3 is 5.32 Å². The smallest absolute Gasteiger partial charge is 0.0168 e. The molecule has 0 radical (unpaired) electrons. The minimum Gasteiger partial charge on any atom is -0.310 e. The van der Waals surface area contributed by atoms with Crippen LogP contribution in [0.3, 0.4) is 0 Å². The average molecular weight is 213 g/mol. The van der Waals surface area contributed by atoms with Gasteiger partial charge in [0.1, 0.15) is 0 Å². The molecule has 82 valence electrons. The van der Waals surface area contributed by atoms with Gasteiger partial charge in [-0.2, -0.15) is 11.8 Å². The molecule has 1 aliphatic heterocycles. The molecule has 1 saturated carbocycles. The third-order valence-electron chi connectivity index (χ3n) is 3.81. The van der Waals surface area contributed by atoms with E-state index in [0.717, 1.165) is 23.9 Å². The fraction of sp³-hybridized carbons (Fsp3) is 1.00. The Balaban J connectivity index is 1.79. The first-order valence-electron chi connectivity index (χ1n) is 6.09. The topological polar surface area (TPSA) is 12.0 Å². The van der Waals surface area contributed by atoms with Gasteiger partial charge in [-0.1, -0.05) is 13.8 Å². The number of rotatable bonds is 2. The highest BCUT2D eigenvalue weighted by atomic mass is 32.2. The van der Waals surface area contributed by atoms with Gasteiger partial charge in [-0.05, 0) is 43.3 Å². The lowest BCUT2D eigenvalue weighted by atomic mass is 9.79. The van der Waals surface area contributed by atoms with Crippen LogP contribution >= 0.6 is 11.8 Å². The first-order valence-corrected chi connectivity index (χ1v) is 7.25. The first kappa shape index (κ1) is 10.8. The van der Waals surface area contributed by atoms with Crippen molar-refractivity contribution in [2.75, 3.05) is 11.5 Å². The van der Waals surface area contributed by atoms with Crippen molar-refractivity contribution in [3.05, 3.63) is 0 Å². The second-order valence-corrected chi connectivity index (χ2v) is 6.38. The normalized spacial score (nSPS) is 44.1. The Morgan fingerprint density at radius 3 is 2.64 bits per heavy atom. The van der Waals surface area contributed by atoms with Gasteiger partial charge >= 0.3 is 0 Å². The molecule has 1 N–H and O–H groups in total. The van der Waals surface area contributed by atoms with E-state index in [-0.39, 0.29) is 0 Å². The predicted octanol–water partition coefficient (Wildman–Crippen LogP) is 2.91. The summed E-state index contributed by atoms with van der Waals surface area (Å²) in [6, 6.07) is 1.63. The van der Waals surface area contributed by atoms with E-state index in [0.29, 0.717) is 0 Å². The zero-order valence-corrected chi connectivity index (χ0v) is 10.3. The van der Waals surface area contributed by atoms with E-state index in [1.165, 1.54) is 37.2 Å². The lowest BCUT2D eigenvalue weighted by Crippen LogP contribution is -2.44. The molecular weight excluding hydrogens is 190 g/mol. The first-order chi connectivity index (χ1) is 6.75. The molecule has 0 spiro atoms. The molecule has 0 bridgehead atoms. The van der Waals surface area contributed by atoms with Crippen LogP contribution in [0.2, 0.25) is 0 Å². The van der Waals surface area contributed by atoms with E-state index in [9.17, 15) is 0 Å². The van der Waals surface area contributed by atoms with E-state index in [1.54, 1.807) is 0 Å². The Morgan fingerprint density at radius 2 is 2.00 bits per heavy atom. The fourth-order valence-electron chi connectivity index (χ4n) is 2.88. The molecule has 4 atom stereocenters. The van der Waals surface area contributed by atoms with Gasteiger partial charge in [-0.25, -0.2) is 0 Å². The zero-order chi connectivity index (χ0) is 9.97. The molecule has 4 unspecified atom stereocenters. The summed E-state index contributed by atoms with van der Waals surface area (Å²) in [5, 5.41) is 3.87. The van der Waals surface area contributed by atoms with Crippen LogP contribution in [0, 0.1) is 11.8 Å².